The Kier molecular flexibility index (Phi) is 0.970. The van der Waals surface area contributed by atoms with Crippen LogP contribution in [0.3, 0.4) is 0 Å². The molecule has 0 aliphatic rings. The van der Waals surface area contributed by atoms with Gasteiger partial charge in [0.05, 0.1) is 5.10 Å². The number of hydrogen-bond donors (Lipinski definition) is 1. The summed E-state index contributed by atoms with van der Waals surface area (Å²) in [6.07, 6.45) is 4.52. The molecule has 0 aliphatic carbocycles. The van der Waals surface area contributed by atoms with Crippen LogP contribution in [0.4, 0.5) is 0 Å². The van der Waals surface area contributed by atoms with E-state index in [2.05, 4.69) is 25.0 Å². The topological polar surface area (TPSA) is 71.5 Å². The first-order valence-corrected chi connectivity index (χ1v) is 2.64. The van der Waals surface area contributed by atoms with Gasteiger partial charge in [0.25, 0.3) is 0 Å². The molecular weight excluding hydrogens is 134 g/mol. The van der Waals surface area contributed by atoms with Crippen molar-refractivity contribution in [1.29, 1.82) is 0 Å². The van der Waals surface area contributed by atoms with Crippen LogP contribution >= 0.6 is 0 Å². The lowest BCUT2D eigenvalue weighted by Crippen LogP contribution is -2.31. The standard InChI is InChI=1S/C4H3N5O/c1-4(7-8-10-1)9-3-5-2-6-9/h1-3H/p+1. The van der Waals surface area contributed by atoms with Crippen LogP contribution in [0.15, 0.2) is 23.4 Å². The molecule has 0 radical (unpaired) electrons. The summed E-state index contributed by atoms with van der Waals surface area (Å²) in [5, 5.41) is 9.70. The zero-order valence-corrected chi connectivity index (χ0v) is 4.93. The van der Waals surface area contributed by atoms with Crippen LogP contribution in [-0.2, 0) is 0 Å². The van der Waals surface area contributed by atoms with Crippen molar-refractivity contribution < 1.29 is 9.20 Å². The number of H-pyrrole nitrogens is 1. The quantitative estimate of drug-likeness (QED) is 0.517. The highest BCUT2D eigenvalue weighted by Crippen LogP contribution is 1.85. The summed E-state index contributed by atoms with van der Waals surface area (Å²) >= 11 is 0. The van der Waals surface area contributed by atoms with Crippen LogP contribution in [0, 0.1) is 0 Å². The summed E-state index contributed by atoms with van der Waals surface area (Å²) in [6, 6.07) is 0. The van der Waals surface area contributed by atoms with E-state index in [-0.39, 0.29) is 0 Å². The Morgan fingerprint density at radius 2 is 2.60 bits per heavy atom. The van der Waals surface area contributed by atoms with Gasteiger partial charge in [-0.25, -0.2) is 5.10 Å². The van der Waals surface area contributed by atoms with Crippen molar-refractivity contribution in [2.45, 2.75) is 0 Å². The molecule has 6 heteroatoms. The second kappa shape index (κ2) is 1.90. The highest BCUT2D eigenvalue weighted by molar-refractivity contribution is 4.93. The predicted octanol–water partition coefficient (Wildman–Crippen LogP) is -0.931. The molecule has 2 aromatic heterocycles. The number of nitrogens with zero attached hydrogens (tertiary/aromatic N) is 4. The first kappa shape index (κ1) is 5.10. The first-order valence-electron chi connectivity index (χ1n) is 2.64. The summed E-state index contributed by atoms with van der Waals surface area (Å²) < 4.78 is 6.09. The maximum atomic E-state index is 4.51. The number of aromatic amines is 1. The minimum Gasteiger partial charge on any atom is -0.328 e. The molecule has 0 spiro atoms. The minimum atomic E-state index is 0.581. The fourth-order valence-corrected chi connectivity index (χ4v) is 0.619. The van der Waals surface area contributed by atoms with Crippen LogP contribution in [0.1, 0.15) is 0 Å². The maximum Gasteiger partial charge on any atom is 0.351 e. The third-order valence-corrected chi connectivity index (χ3v) is 1.05. The van der Waals surface area contributed by atoms with E-state index in [1.54, 1.807) is 11.0 Å². The van der Waals surface area contributed by atoms with Gasteiger partial charge in [0.2, 0.25) is 12.6 Å². The van der Waals surface area contributed by atoms with Crippen LogP contribution in [0.2, 0.25) is 0 Å². The monoisotopic (exact) mass is 138 g/mol. The van der Waals surface area contributed by atoms with E-state index in [1.807, 2.05) is 0 Å². The van der Waals surface area contributed by atoms with Crippen LogP contribution < -0.4 is 4.68 Å². The number of nitrogens with one attached hydrogen (secondary N) is 1. The molecule has 2 rings (SSSR count). The smallest absolute Gasteiger partial charge is 0.328 e. The van der Waals surface area contributed by atoms with Gasteiger partial charge in [-0.3, -0.25) is 0 Å². The fraction of sp³-hybridized carbons (Fsp3) is 0. The van der Waals surface area contributed by atoms with Crippen molar-refractivity contribution in [2.75, 3.05) is 0 Å². The van der Waals surface area contributed by atoms with E-state index in [4.69, 9.17) is 0 Å². The molecule has 2 aromatic rings. The van der Waals surface area contributed by atoms with Crippen molar-refractivity contribution in [3.05, 3.63) is 18.9 Å². The minimum absolute atomic E-state index is 0.581. The van der Waals surface area contributed by atoms with Gasteiger partial charge in [-0.15, -0.1) is 4.68 Å². The maximum absolute atomic E-state index is 4.51. The normalized spacial score (nSPS) is 10.0. The van der Waals surface area contributed by atoms with Crippen molar-refractivity contribution in [2.24, 2.45) is 0 Å². The third kappa shape index (κ3) is 0.661. The van der Waals surface area contributed by atoms with Gasteiger partial charge in [-0.05, 0) is 0 Å². The van der Waals surface area contributed by atoms with Crippen molar-refractivity contribution in [3.63, 3.8) is 0 Å². The van der Waals surface area contributed by atoms with E-state index in [0.29, 0.717) is 5.82 Å². The third-order valence-electron chi connectivity index (χ3n) is 1.05. The lowest BCUT2D eigenvalue weighted by molar-refractivity contribution is -0.660. The van der Waals surface area contributed by atoms with Gasteiger partial charge >= 0.3 is 5.82 Å². The Hall–Kier alpha value is -1.72. The Morgan fingerprint density at radius 1 is 1.60 bits per heavy atom. The van der Waals surface area contributed by atoms with Gasteiger partial charge in [-0.1, -0.05) is 4.98 Å². The molecule has 0 saturated heterocycles. The van der Waals surface area contributed by atoms with Crippen LogP contribution in [0.5, 0.6) is 0 Å². The zero-order chi connectivity index (χ0) is 6.81. The molecule has 0 bridgehead atoms. The molecule has 2 heterocycles. The average Bonchev–Trinajstić information content (AvgIpc) is 2.59. The molecule has 0 amide bonds. The molecule has 0 aromatic carbocycles. The number of rotatable bonds is 1. The van der Waals surface area contributed by atoms with Crippen LogP contribution in [0.25, 0.3) is 5.82 Å². The average molecular weight is 138 g/mol. The molecule has 6 nitrogen and oxygen atoms in total. The highest BCUT2D eigenvalue weighted by atomic mass is 16.5. The summed E-state index contributed by atoms with van der Waals surface area (Å²) in [5.74, 6) is 0.581. The van der Waals surface area contributed by atoms with Crippen molar-refractivity contribution in [3.8, 4) is 5.82 Å². The van der Waals surface area contributed by atoms with E-state index >= 15 is 0 Å². The molecule has 0 fully saturated rings. The number of hydrogen-bond acceptors (Lipinski definition) is 4. The Morgan fingerprint density at radius 3 is 3.20 bits per heavy atom. The molecule has 1 N–H and O–H groups in total. The van der Waals surface area contributed by atoms with E-state index in [1.165, 1.54) is 12.6 Å². The molecule has 0 saturated carbocycles. The van der Waals surface area contributed by atoms with Gasteiger partial charge in [0, 0.05) is 0 Å². The Bertz CT molecular complexity index is 253. The van der Waals surface area contributed by atoms with Crippen molar-refractivity contribution >= 4 is 0 Å². The molecule has 0 unspecified atom stereocenters. The van der Waals surface area contributed by atoms with Crippen molar-refractivity contribution in [1.82, 2.24) is 20.5 Å². The summed E-state index contributed by atoms with van der Waals surface area (Å²) in [4.78, 5) is 3.78. The molecule has 10 heavy (non-hydrogen) atoms. The Balaban J connectivity index is 2.48. The second-order valence-corrected chi connectivity index (χ2v) is 1.66. The van der Waals surface area contributed by atoms with E-state index in [0.717, 1.165) is 0 Å². The Labute approximate surface area is 55.5 Å². The highest BCUT2D eigenvalue weighted by Gasteiger charge is 2.07. The fourth-order valence-electron chi connectivity index (χ4n) is 0.619. The molecule has 0 atom stereocenters. The summed E-state index contributed by atoms with van der Waals surface area (Å²) in [7, 11) is 0. The lowest BCUT2D eigenvalue weighted by atomic mass is 10.8. The predicted molar refractivity (Wildman–Crippen MR) is 28.0 cm³/mol. The SMILES string of the molecule is c1nc[n+](-c2conn2)[nH]1. The summed E-state index contributed by atoms with van der Waals surface area (Å²) in [6.45, 7) is 0. The van der Waals surface area contributed by atoms with Gasteiger partial charge in [0.15, 0.2) is 6.33 Å². The van der Waals surface area contributed by atoms with E-state index < -0.39 is 0 Å². The van der Waals surface area contributed by atoms with Gasteiger partial charge in [0.1, 0.15) is 5.27 Å². The second-order valence-electron chi connectivity index (χ2n) is 1.66. The number of aromatic nitrogens is 5. The largest absolute Gasteiger partial charge is 0.351 e. The molecular formula is C4H4N5O+. The zero-order valence-electron chi connectivity index (χ0n) is 4.93. The van der Waals surface area contributed by atoms with Gasteiger partial charge < -0.3 is 4.52 Å². The summed E-state index contributed by atoms with van der Waals surface area (Å²) in [5.41, 5.74) is 0. The van der Waals surface area contributed by atoms with Crippen LogP contribution in [-0.4, -0.2) is 20.5 Å². The van der Waals surface area contributed by atoms with Gasteiger partial charge in [-0.2, -0.15) is 0 Å². The molecule has 50 valence electrons. The first-order chi connectivity index (χ1) is 4.97. The van der Waals surface area contributed by atoms with E-state index in [9.17, 15) is 0 Å². The lowest BCUT2D eigenvalue weighted by Gasteiger charge is -1.77. The molecule has 0 aliphatic heterocycles.